The maximum Gasteiger partial charge on any atom is 0.270 e. The van der Waals surface area contributed by atoms with Crippen LogP contribution in [0.2, 0.25) is 5.02 Å². The molecule has 0 fully saturated rings. The van der Waals surface area contributed by atoms with Crippen molar-refractivity contribution in [1.82, 2.24) is 5.32 Å². The Kier molecular flexibility index (Phi) is 5.13. The van der Waals surface area contributed by atoms with Gasteiger partial charge in [0.15, 0.2) is 0 Å². The van der Waals surface area contributed by atoms with Crippen LogP contribution in [0.15, 0.2) is 42.5 Å². The molecule has 0 aliphatic carbocycles. The van der Waals surface area contributed by atoms with Crippen LogP contribution in [0.5, 0.6) is 0 Å². The summed E-state index contributed by atoms with van der Waals surface area (Å²) in [6.45, 7) is 0.304. The molecule has 0 spiro atoms. The molecule has 0 atom stereocenters. The third-order valence-corrected chi connectivity index (χ3v) is 3.92. The van der Waals surface area contributed by atoms with E-state index in [1.54, 1.807) is 24.3 Å². The molecule has 0 aliphatic heterocycles. The SMILES string of the molecule is O=C(NCc1cccc(Cl)c1)c1cc([N+](=O)[O-])ccc1I. The van der Waals surface area contributed by atoms with E-state index < -0.39 is 4.92 Å². The lowest BCUT2D eigenvalue weighted by Gasteiger charge is -2.07. The van der Waals surface area contributed by atoms with Crippen LogP contribution in [-0.4, -0.2) is 10.8 Å². The molecule has 2 aromatic carbocycles. The highest BCUT2D eigenvalue weighted by molar-refractivity contribution is 14.1. The average Bonchev–Trinajstić information content (AvgIpc) is 2.45. The van der Waals surface area contributed by atoms with Crippen molar-refractivity contribution in [1.29, 1.82) is 0 Å². The van der Waals surface area contributed by atoms with Gasteiger partial charge >= 0.3 is 0 Å². The summed E-state index contributed by atoms with van der Waals surface area (Å²) in [4.78, 5) is 22.4. The number of benzene rings is 2. The Bertz CT molecular complexity index is 706. The van der Waals surface area contributed by atoms with E-state index in [0.29, 0.717) is 15.1 Å². The van der Waals surface area contributed by atoms with Crippen molar-refractivity contribution in [2.45, 2.75) is 6.54 Å². The number of carbonyl (C=O) groups excluding carboxylic acids is 1. The first kappa shape index (κ1) is 15.7. The topological polar surface area (TPSA) is 72.2 Å². The van der Waals surface area contributed by atoms with E-state index in [9.17, 15) is 14.9 Å². The van der Waals surface area contributed by atoms with Gasteiger partial charge in [0.25, 0.3) is 11.6 Å². The van der Waals surface area contributed by atoms with Crippen LogP contribution in [-0.2, 0) is 6.54 Å². The van der Waals surface area contributed by atoms with Gasteiger partial charge in [0, 0.05) is 27.3 Å². The molecule has 7 heteroatoms. The molecule has 2 rings (SSSR count). The van der Waals surface area contributed by atoms with Crippen LogP contribution in [0.3, 0.4) is 0 Å². The van der Waals surface area contributed by atoms with Crippen LogP contribution in [0.1, 0.15) is 15.9 Å². The number of nitro benzene ring substituents is 1. The van der Waals surface area contributed by atoms with Crippen LogP contribution in [0, 0.1) is 13.7 Å². The fraction of sp³-hybridized carbons (Fsp3) is 0.0714. The number of nitrogens with one attached hydrogen (secondary N) is 1. The first-order chi connectivity index (χ1) is 9.97. The largest absolute Gasteiger partial charge is 0.348 e. The van der Waals surface area contributed by atoms with Gasteiger partial charge in [0.05, 0.1) is 10.5 Å². The van der Waals surface area contributed by atoms with E-state index in [4.69, 9.17) is 11.6 Å². The third-order valence-electron chi connectivity index (χ3n) is 2.75. The van der Waals surface area contributed by atoms with Crippen molar-refractivity contribution in [3.63, 3.8) is 0 Å². The monoisotopic (exact) mass is 416 g/mol. The summed E-state index contributed by atoms with van der Waals surface area (Å²) >= 11 is 7.84. The molecule has 0 saturated carbocycles. The van der Waals surface area contributed by atoms with Crippen LogP contribution in [0.25, 0.3) is 0 Å². The number of amides is 1. The lowest BCUT2D eigenvalue weighted by molar-refractivity contribution is -0.384. The minimum absolute atomic E-state index is 0.108. The maximum atomic E-state index is 12.1. The number of carbonyl (C=O) groups is 1. The summed E-state index contributed by atoms with van der Waals surface area (Å²) in [5.74, 6) is -0.358. The average molecular weight is 417 g/mol. The molecule has 0 aromatic heterocycles. The van der Waals surface area contributed by atoms with Gasteiger partial charge in [-0.25, -0.2) is 0 Å². The molecule has 1 amide bonds. The van der Waals surface area contributed by atoms with Crippen LogP contribution in [0.4, 0.5) is 5.69 Å². The molecule has 0 bridgehead atoms. The van der Waals surface area contributed by atoms with Crippen molar-refractivity contribution < 1.29 is 9.72 Å². The maximum absolute atomic E-state index is 12.1. The van der Waals surface area contributed by atoms with E-state index in [1.807, 2.05) is 28.7 Å². The van der Waals surface area contributed by atoms with E-state index >= 15 is 0 Å². The van der Waals surface area contributed by atoms with Crippen molar-refractivity contribution in [2.24, 2.45) is 0 Å². The molecule has 0 radical (unpaired) electrons. The molecular weight excluding hydrogens is 407 g/mol. The Labute approximate surface area is 139 Å². The molecule has 1 N–H and O–H groups in total. The lowest BCUT2D eigenvalue weighted by Crippen LogP contribution is -2.23. The van der Waals surface area contributed by atoms with Gasteiger partial charge in [0.2, 0.25) is 0 Å². The van der Waals surface area contributed by atoms with Crippen molar-refractivity contribution >= 4 is 45.8 Å². The number of rotatable bonds is 4. The van der Waals surface area contributed by atoms with Gasteiger partial charge in [-0.05, 0) is 46.4 Å². The van der Waals surface area contributed by atoms with E-state index in [0.717, 1.165) is 5.56 Å². The summed E-state index contributed by atoms with van der Waals surface area (Å²) in [6, 6.07) is 11.3. The molecule has 2 aromatic rings. The summed E-state index contributed by atoms with van der Waals surface area (Å²) in [5, 5.41) is 14.1. The Morgan fingerprint density at radius 3 is 2.71 bits per heavy atom. The Balaban J connectivity index is 2.13. The molecular formula is C14H10ClIN2O3. The second-order valence-electron chi connectivity index (χ2n) is 4.23. The highest BCUT2D eigenvalue weighted by atomic mass is 127. The standard InChI is InChI=1S/C14H10ClIN2O3/c15-10-3-1-2-9(6-10)8-17-14(19)12-7-11(18(20)21)4-5-13(12)16/h1-7H,8H2,(H,17,19). The Hall–Kier alpha value is -1.67. The Morgan fingerprint density at radius 1 is 1.29 bits per heavy atom. The van der Waals surface area contributed by atoms with Crippen LogP contribution >= 0.6 is 34.2 Å². The Morgan fingerprint density at radius 2 is 2.05 bits per heavy atom. The number of nitrogens with zero attached hydrogens (tertiary/aromatic N) is 1. The highest BCUT2D eigenvalue weighted by Gasteiger charge is 2.15. The normalized spacial score (nSPS) is 10.2. The minimum atomic E-state index is -0.524. The smallest absolute Gasteiger partial charge is 0.270 e. The predicted octanol–water partition coefficient (Wildman–Crippen LogP) is 3.78. The van der Waals surface area contributed by atoms with Gasteiger partial charge < -0.3 is 5.32 Å². The molecule has 108 valence electrons. The number of non-ortho nitro benzene ring substituents is 1. The summed E-state index contributed by atoms with van der Waals surface area (Å²) in [6.07, 6.45) is 0. The quantitative estimate of drug-likeness (QED) is 0.468. The lowest BCUT2D eigenvalue weighted by atomic mass is 10.1. The predicted molar refractivity (Wildman–Crippen MR) is 88.4 cm³/mol. The molecule has 0 heterocycles. The van der Waals surface area contributed by atoms with E-state index in [1.165, 1.54) is 12.1 Å². The fourth-order valence-electron chi connectivity index (χ4n) is 1.73. The van der Waals surface area contributed by atoms with Gasteiger partial charge in [-0.3, -0.25) is 14.9 Å². The van der Waals surface area contributed by atoms with Crippen LogP contribution < -0.4 is 5.32 Å². The van der Waals surface area contributed by atoms with Gasteiger partial charge in [-0.15, -0.1) is 0 Å². The van der Waals surface area contributed by atoms with E-state index in [2.05, 4.69) is 5.32 Å². The zero-order valence-corrected chi connectivity index (χ0v) is 13.6. The van der Waals surface area contributed by atoms with Crippen molar-refractivity contribution in [3.05, 3.63) is 72.3 Å². The zero-order chi connectivity index (χ0) is 15.4. The first-order valence-electron chi connectivity index (χ1n) is 5.94. The molecule has 5 nitrogen and oxygen atoms in total. The number of hydrogen-bond donors (Lipinski definition) is 1. The third kappa shape index (κ3) is 4.15. The van der Waals surface area contributed by atoms with Crippen molar-refractivity contribution in [2.75, 3.05) is 0 Å². The summed E-state index contributed by atoms with van der Waals surface area (Å²) < 4.78 is 0.654. The van der Waals surface area contributed by atoms with Gasteiger partial charge in [0.1, 0.15) is 0 Å². The summed E-state index contributed by atoms with van der Waals surface area (Å²) in [7, 11) is 0. The zero-order valence-electron chi connectivity index (χ0n) is 10.7. The number of halogens is 2. The fourth-order valence-corrected chi connectivity index (χ4v) is 2.52. The van der Waals surface area contributed by atoms with E-state index in [-0.39, 0.29) is 17.2 Å². The highest BCUT2D eigenvalue weighted by Crippen LogP contribution is 2.19. The first-order valence-corrected chi connectivity index (χ1v) is 7.39. The van der Waals surface area contributed by atoms with Crippen molar-refractivity contribution in [3.8, 4) is 0 Å². The molecule has 0 saturated heterocycles. The van der Waals surface area contributed by atoms with Gasteiger partial charge in [-0.1, -0.05) is 23.7 Å². The molecule has 0 aliphatic rings. The van der Waals surface area contributed by atoms with Gasteiger partial charge in [-0.2, -0.15) is 0 Å². The summed E-state index contributed by atoms with van der Waals surface area (Å²) in [5.41, 5.74) is 1.03. The second-order valence-corrected chi connectivity index (χ2v) is 5.83. The second kappa shape index (κ2) is 6.86. The molecule has 0 unspecified atom stereocenters. The molecule has 21 heavy (non-hydrogen) atoms. The number of hydrogen-bond acceptors (Lipinski definition) is 3. The number of nitro groups is 1. The minimum Gasteiger partial charge on any atom is -0.348 e.